The molecule has 0 aliphatic rings. The number of halogens is 3. The fourth-order valence-electron chi connectivity index (χ4n) is 2.76. The molecule has 35 heavy (non-hydrogen) atoms. The molecule has 2 amide bonds. The van der Waals surface area contributed by atoms with Crippen LogP contribution in [-0.4, -0.2) is 67.3 Å². The normalized spacial score (nSPS) is 11.5. The van der Waals surface area contributed by atoms with E-state index in [0.717, 1.165) is 22.6 Å². The van der Waals surface area contributed by atoms with Crippen molar-refractivity contribution in [2.24, 2.45) is 11.5 Å². The summed E-state index contributed by atoms with van der Waals surface area (Å²) in [6.45, 7) is 0.866. The van der Waals surface area contributed by atoms with Crippen molar-refractivity contribution in [2.45, 2.75) is 25.1 Å². The first-order valence-corrected chi connectivity index (χ1v) is 10.3. The summed E-state index contributed by atoms with van der Waals surface area (Å²) >= 11 is 0. The highest BCUT2D eigenvalue weighted by Gasteiger charge is 2.38. The molecule has 2 aromatic rings. The van der Waals surface area contributed by atoms with Crippen molar-refractivity contribution in [3.8, 4) is 11.5 Å². The molecule has 0 aliphatic carbocycles. The number of carbonyl (C=O) groups excluding carboxylic acids is 2. The Morgan fingerprint density at radius 1 is 0.886 bits per heavy atom. The first kappa shape index (κ1) is 29.2. The maximum absolute atomic E-state index is 12.6. The lowest BCUT2D eigenvalue weighted by Crippen LogP contribution is -2.51. The van der Waals surface area contributed by atoms with Gasteiger partial charge in [0.2, 0.25) is 11.8 Å². The van der Waals surface area contributed by atoms with Gasteiger partial charge in [-0.1, -0.05) is 24.3 Å². The van der Waals surface area contributed by atoms with Gasteiger partial charge in [0.05, 0.1) is 14.2 Å². The van der Waals surface area contributed by atoms with Crippen LogP contribution in [0.5, 0.6) is 11.5 Å². The number of nitrogens with zero attached hydrogens (tertiary/aromatic N) is 1. The summed E-state index contributed by atoms with van der Waals surface area (Å²) in [5.74, 6) is -2.51. The molecule has 2 aromatic carbocycles. The van der Waals surface area contributed by atoms with Gasteiger partial charge in [-0.25, -0.2) is 4.79 Å². The van der Waals surface area contributed by atoms with Crippen molar-refractivity contribution >= 4 is 17.8 Å². The molecule has 1 atom stereocenters. The van der Waals surface area contributed by atoms with E-state index in [-0.39, 0.29) is 0 Å². The highest BCUT2D eigenvalue weighted by molar-refractivity contribution is 6.03. The van der Waals surface area contributed by atoms with Gasteiger partial charge in [0.15, 0.2) is 6.04 Å². The van der Waals surface area contributed by atoms with E-state index < -0.39 is 30.0 Å². The van der Waals surface area contributed by atoms with Gasteiger partial charge < -0.3 is 30.9 Å². The van der Waals surface area contributed by atoms with Crippen molar-refractivity contribution < 1.29 is 42.1 Å². The summed E-state index contributed by atoms with van der Waals surface area (Å²) in [5, 5.41) is 7.12. The van der Waals surface area contributed by atoms with Crippen LogP contribution >= 0.6 is 0 Å². The van der Waals surface area contributed by atoms with E-state index in [1.54, 1.807) is 19.1 Å². The molecule has 0 spiro atoms. The van der Waals surface area contributed by atoms with E-state index in [4.69, 9.17) is 30.8 Å². The molecule has 9 nitrogen and oxygen atoms in total. The molecule has 0 saturated carbocycles. The molecule has 5 N–H and O–H groups in total. The minimum Gasteiger partial charge on any atom is -0.497 e. The second kappa shape index (κ2) is 13.8. The monoisotopic (exact) mass is 499 g/mol. The van der Waals surface area contributed by atoms with Crippen LogP contribution in [0.25, 0.3) is 0 Å². The van der Waals surface area contributed by atoms with Crippen LogP contribution < -0.4 is 20.9 Å². The van der Waals surface area contributed by atoms with E-state index in [1.807, 2.05) is 48.5 Å². The molecule has 1 unspecified atom stereocenters. The van der Waals surface area contributed by atoms with Crippen LogP contribution in [0, 0.1) is 0 Å². The maximum Gasteiger partial charge on any atom is 0.490 e. The topological polar surface area (TPSA) is 145 Å². The lowest BCUT2D eigenvalue weighted by atomic mass is 10.1. The Balaban J connectivity index is 0.000000762. The molecule has 2 rings (SSSR count). The molecule has 0 radical (unpaired) electrons. The molecule has 0 aliphatic heterocycles. The highest BCUT2D eigenvalue weighted by atomic mass is 19.4. The van der Waals surface area contributed by atoms with Crippen LogP contribution in [0.2, 0.25) is 0 Å². The lowest BCUT2D eigenvalue weighted by molar-refractivity contribution is -0.192. The number of amides is 2. The second-order valence-corrected chi connectivity index (χ2v) is 7.20. The quantitative estimate of drug-likeness (QED) is 0.423. The Hall–Kier alpha value is -3.80. The lowest BCUT2D eigenvalue weighted by Gasteiger charge is -2.25. The van der Waals surface area contributed by atoms with Crippen molar-refractivity contribution in [1.29, 1.82) is 0 Å². The number of aliphatic carboxylic acids is 1. The Kier molecular flexibility index (Phi) is 11.5. The number of ether oxygens (including phenoxy) is 2. The molecule has 12 heteroatoms. The molecule has 0 fully saturated rings. The number of methoxy groups -OCH3 is 2. The van der Waals surface area contributed by atoms with Gasteiger partial charge in [0.25, 0.3) is 0 Å². The zero-order valence-electron chi connectivity index (χ0n) is 19.2. The standard InChI is InChI=1S/C21H27N3O4.C2HF3O2/c1-27-17-7-3-15(4-8-17)11-13-24(21(26)19(22)20(23)25)14-12-16-5-9-18(28-2)10-6-16;3-2(4,5)1(6)7/h3-10,19H,11-14,22H2,1-2H3,(H2,23,25);(H,6,7). The zero-order chi connectivity index (χ0) is 26.6. The van der Waals surface area contributed by atoms with Crippen LogP contribution in [0.1, 0.15) is 11.1 Å². The number of hydrogen-bond acceptors (Lipinski definition) is 6. The van der Waals surface area contributed by atoms with Crippen molar-refractivity contribution in [2.75, 3.05) is 27.3 Å². The fourth-order valence-corrected chi connectivity index (χ4v) is 2.76. The van der Waals surface area contributed by atoms with Crippen LogP contribution in [-0.2, 0) is 27.2 Å². The Bertz CT molecular complexity index is 914. The SMILES string of the molecule is COc1ccc(CCN(CCc2ccc(OC)cc2)C(=O)C(N)C(N)=O)cc1.O=C(O)C(F)(F)F. The van der Waals surface area contributed by atoms with E-state index in [9.17, 15) is 22.8 Å². The number of alkyl halides is 3. The van der Waals surface area contributed by atoms with E-state index in [2.05, 4.69) is 0 Å². The maximum atomic E-state index is 12.6. The van der Waals surface area contributed by atoms with E-state index in [1.165, 1.54) is 0 Å². The summed E-state index contributed by atoms with van der Waals surface area (Å²) in [5.41, 5.74) is 13.0. The number of carboxylic acid groups (broad SMARTS) is 1. The number of carboxylic acids is 1. The summed E-state index contributed by atoms with van der Waals surface area (Å²) in [6, 6.07) is 13.9. The highest BCUT2D eigenvalue weighted by Crippen LogP contribution is 2.15. The van der Waals surface area contributed by atoms with Gasteiger partial charge in [-0.05, 0) is 48.2 Å². The number of nitrogens with two attached hydrogens (primary N) is 2. The number of benzene rings is 2. The smallest absolute Gasteiger partial charge is 0.490 e. The third-order valence-corrected chi connectivity index (χ3v) is 4.79. The summed E-state index contributed by atoms with van der Waals surface area (Å²) < 4.78 is 42.0. The van der Waals surface area contributed by atoms with Gasteiger partial charge >= 0.3 is 12.1 Å². The Morgan fingerprint density at radius 2 is 1.23 bits per heavy atom. The summed E-state index contributed by atoms with van der Waals surface area (Å²) in [6.07, 6.45) is -3.83. The van der Waals surface area contributed by atoms with Crippen molar-refractivity contribution in [3.63, 3.8) is 0 Å². The van der Waals surface area contributed by atoms with Gasteiger partial charge in [-0.15, -0.1) is 0 Å². The van der Waals surface area contributed by atoms with Gasteiger partial charge in [0, 0.05) is 13.1 Å². The minimum absolute atomic E-state index is 0.433. The summed E-state index contributed by atoms with van der Waals surface area (Å²) in [4.78, 5) is 34.4. The number of carbonyl (C=O) groups is 3. The largest absolute Gasteiger partial charge is 0.497 e. The summed E-state index contributed by atoms with van der Waals surface area (Å²) in [7, 11) is 3.22. The zero-order valence-corrected chi connectivity index (χ0v) is 19.2. The average Bonchev–Trinajstić information content (AvgIpc) is 2.83. The Morgan fingerprint density at radius 3 is 1.49 bits per heavy atom. The number of primary amides is 1. The molecular formula is C23H28F3N3O6. The third kappa shape index (κ3) is 10.3. The van der Waals surface area contributed by atoms with Crippen LogP contribution in [0.4, 0.5) is 13.2 Å². The first-order valence-electron chi connectivity index (χ1n) is 10.3. The van der Waals surface area contributed by atoms with Crippen LogP contribution in [0.15, 0.2) is 48.5 Å². The first-order chi connectivity index (χ1) is 16.4. The Labute approximate surface area is 200 Å². The van der Waals surface area contributed by atoms with E-state index in [0.29, 0.717) is 25.9 Å². The minimum atomic E-state index is -5.08. The average molecular weight is 499 g/mol. The fraction of sp³-hybridized carbons (Fsp3) is 0.348. The molecular weight excluding hydrogens is 471 g/mol. The molecule has 192 valence electrons. The second-order valence-electron chi connectivity index (χ2n) is 7.20. The van der Waals surface area contributed by atoms with Gasteiger partial charge in [-0.3, -0.25) is 9.59 Å². The van der Waals surface area contributed by atoms with Gasteiger partial charge in [0.1, 0.15) is 11.5 Å². The third-order valence-electron chi connectivity index (χ3n) is 4.79. The molecule has 0 aromatic heterocycles. The van der Waals surface area contributed by atoms with E-state index >= 15 is 0 Å². The van der Waals surface area contributed by atoms with Crippen molar-refractivity contribution in [1.82, 2.24) is 4.90 Å². The molecule has 0 heterocycles. The van der Waals surface area contributed by atoms with Gasteiger partial charge in [-0.2, -0.15) is 13.2 Å². The van der Waals surface area contributed by atoms with Crippen molar-refractivity contribution in [3.05, 3.63) is 59.7 Å². The predicted molar refractivity (Wildman–Crippen MR) is 121 cm³/mol. The number of rotatable bonds is 10. The molecule has 0 bridgehead atoms. The number of hydrogen-bond donors (Lipinski definition) is 3. The molecule has 0 saturated heterocycles. The van der Waals surface area contributed by atoms with Crippen LogP contribution in [0.3, 0.4) is 0 Å². The predicted octanol–water partition coefficient (Wildman–Crippen LogP) is 1.76.